The first kappa shape index (κ1) is 14.4. The molecule has 0 amide bonds. The summed E-state index contributed by atoms with van der Waals surface area (Å²) in [5.74, 6) is 1.86. The third-order valence-corrected chi connectivity index (χ3v) is 3.96. The Hall–Kier alpha value is -1.06. The summed E-state index contributed by atoms with van der Waals surface area (Å²) in [6.07, 6.45) is 4.00. The number of ether oxygens (including phenoxy) is 1. The Morgan fingerprint density at radius 1 is 1.32 bits per heavy atom. The normalized spacial score (nSPS) is 16.8. The number of rotatable bonds is 6. The van der Waals surface area contributed by atoms with Gasteiger partial charge in [0.15, 0.2) is 0 Å². The molecule has 0 saturated carbocycles. The van der Waals surface area contributed by atoms with Crippen molar-refractivity contribution in [1.82, 2.24) is 10.2 Å². The fourth-order valence-electron chi connectivity index (χ4n) is 2.73. The Labute approximate surface area is 116 Å². The number of nitrogens with one attached hydrogen (secondary N) is 1. The minimum atomic E-state index is 0.911. The highest BCUT2D eigenvalue weighted by molar-refractivity contribution is 5.28. The van der Waals surface area contributed by atoms with Crippen LogP contribution in [0, 0.1) is 5.92 Å². The lowest BCUT2D eigenvalue weighted by molar-refractivity contribution is 0.265. The molecule has 0 aliphatic carbocycles. The maximum Gasteiger partial charge on any atom is 0.119 e. The van der Waals surface area contributed by atoms with Crippen molar-refractivity contribution in [3.63, 3.8) is 0 Å². The molecule has 19 heavy (non-hydrogen) atoms. The number of hydrogen-bond donors (Lipinski definition) is 1. The van der Waals surface area contributed by atoms with Crippen LogP contribution in [0.4, 0.5) is 0 Å². The standard InChI is InChI=1S/C16H26N2O/c1-18(11-8-14-6-9-17-10-7-14)13-15-4-3-5-16(12-15)19-2/h3-5,12,14,17H,6-11,13H2,1-2H3. The smallest absolute Gasteiger partial charge is 0.119 e. The molecule has 106 valence electrons. The third kappa shape index (κ3) is 4.84. The van der Waals surface area contributed by atoms with Gasteiger partial charge in [0.1, 0.15) is 5.75 Å². The van der Waals surface area contributed by atoms with Gasteiger partial charge in [0, 0.05) is 6.54 Å². The van der Waals surface area contributed by atoms with E-state index in [4.69, 9.17) is 4.74 Å². The van der Waals surface area contributed by atoms with Crippen molar-refractivity contribution in [2.24, 2.45) is 5.92 Å². The molecule has 0 unspecified atom stereocenters. The molecular weight excluding hydrogens is 236 g/mol. The summed E-state index contributed by atoms with van der Waals surface area (Å²) in [5.41, 5.74) is 1.33. The van der Waals surface area contributed by atoms with Crippen molar-refractivity contribution in [3.8, 4) is 5.75 Å². The van der Waals surface area contributed by atoms with E-state index in [-0.39, 0.29) is 0 Å². The Kier molecular flexibility index (Phi) is 5.67. The van der Waals surface area contributed by atoms with E-state index in [9.17, 15) is 0 Å². The summed E-state index contributed by atoms with van der Waals surface area (Å²) in [7, 11) is 3.93. The van der Waals surface area contributed by atoms with Crippen LogP contribution in [0.2, 0.25) is 0 Å². The molecule has 1 aromatic carbocycles. The van der Waals surface area contributed by atoms with Gasteiger partial charge < -0.3 is 15.0 Å². The van der Waals surface area contributed by atoms with Crippen molar-refractivity contribution in [3.05, 3.63) is 29.8 Å². The highest BCUT2D eigenvalue weighted by atomic mass is 16.5. The zero-order valence-corrected chi connectivity index (χ0v) is 12.2. The lowest BCUT2D eigenvalue weighted by Gasteiger charge is -2.25. The average molecular weight is 262 g/mol. The largest absolute Gasteiger partial charge is 0.497 e. The number of nitrogens with zero attached hydrogens (tertiary/aromatic N) is 1. The Balaban J connectivity index is 1.75. The van der Waals surface area contributed by atoms with E-state index in [1.807, 2.05) is 6.07 Å². The first-order valence-corrected chi connectivity index (χ1v) is 7.30. The topological polar surface area (TPSA) is 24.5 Å². The SMILES string of the molecule is COc1cccc(CN(C)CCC2CCNCC2)c1. The fraction of sp³-hybridized carbons (Fsp3) is 0.625. The van der Waals surface area contributed by atoms with Crippen LogP contribution in [0.15, 0.2) is 24.3 Å². The molecule has 0 spiro atoms. The summed E-state index contributed by atoms with van der Waals surface area (Å²) in [6.45, 7) is 4.58. The van der Waals surface area contributed by atoms with Gasteiger partial charge in [-0.3, -0.25) is 0 Å². The molecular formula is C16H26N2O. The Morgan fingerprint density at radius 2 is 2.11 bits per heavy atom. The predicted molar refractivity (Wildman–Crippen MR) is 79.5 cm³/mol. The van der Waals surface area contributed by atoms with Gasteiger partial charge in [0.2, 0.25) is 0 Å². The first-order chi connectivity index (χ1) is 9.28. The van der Waals surface area contributed by atoms with Crippen molar-refractivity contribution in [1.29, 1.82) is 0 Å². The van der Waals surface area contributed by atoms with E-state index in [1.165, 1.54) is 44.5 Å². The molecule has 3 heteroatoms. The molecule has 0 bridgehead atoms. The fourth-order valence-corrected chi connectivity index (χ4v) is 2.73. The van der Waals surface area contributed by atoms with Gasteiger partial charge in [-0.25, -0.2) is 0 Å². The number of hydrogen-bond acceptors (Lipinski definition) is 3. The minimum Gasteiger partial charge on any atom is -0.497 e. The lowest BCUT2D eigenvalue weighted by Crippen LogP contribution is -2.30. The van der Waals surface area contributed by atoms with Gasteiger partial charge >= 0.3 is 0 Å². The van der Waals surface area contributed by atoms with Crippen molar-refractivity contribution < 1.29 is 4.74 Å². The molecule has 1 aromatic rings. The zero-order valence-electron chi connectivity index (χ0n) is 12.2. The molecule has 1 N–H and O–H groups in total. The summed E-state index contributed by atoms with van der Waals surface area (Å²) in [6, 6.07) is 8.36. The van der Waals surface area contributed by atoms with Crippen LogP contribution in [-0.2, 0) is 6.54 Å². The van der Waals surface area contributed by atoms with Crippen LogP contribution < -0.4 is 10.1 Å². The van der Waals surface area contributed by atoms with E-state index in [0.29, 0.717) is 0 Å². The second-order valence-corrected chi connectivity index (χ2v) is 5.57. The van der Waals surface area contributed by atoms with Gasteiger partial charge in [-0.2, -0.15) is 0 Å². The number of methoxy groups -OCH3 is 1. The second kappa shape index (κ2) is 7.51. The van der Waals surface area contributed by atoms with Crippen LogP contribution in [0.25, 0.3) is 0 Å². The van der Waals surface area contributed by atoms with Gasteiger partial charge in [-0.15, -0.1) is 0 Å². The van der Waals surface area contributed by atoms with Crippen LogP contribution in [0.5, 0.6) is 5.75 Å². The van der Waals surface area contributed by atoms with Crippen molar-refractivity contribution in [2.45, 2.75) is 25.8 Å². The zero-order chi connectivity index (χ0) is 13.5. The molecule has 1 aliphatic heterocycles. The molecule has 0 aromatic heterocycles. The highest BCUT2D eigenvalue weighted by Crippen LogP contribution is 2.17. The van der Waals surface area contributed by atoms with Crippen LogP contribution in [0.1, 0.15) is 24.8 Å². The number of benzene rings is 1. The quantitative estimate of drug-likeness (QED) is 0.852. The monoisotopic (exact) mass is 262 g/mol. The van der Waals surface area contributed by atoms with Crippen LogP contribution in [0.3, 0.4) is 0 Å². The van der Waals surface area contributed by atoms with E-state index in [0.717, 1.165) is 18.2 Å². The first-order valence-electron chi connectivity index (χ1n) is 7.30. The van der Waals surface area contributed by atoms with E-state index < -0.39 is 0 Å². The van der Waals surface area contributed by atoms with Crippen molar-refractivity contribution >= 4 is 0 Å². The predicted octanol–water partition coefficient (Wildman–Crippen LogP) is 2.52. The maximum absolute atomic E-state index is 5.27. The van der Waals surface area contributed by atoms with Gasteiger partial charge in [0.25, 0.3) is 0 Å². The highest BCUT2D eigenvalue weighted by Gasteiger charge is 2.13. The van der Waals surface area contributed by atoms with Crippen LogP contribution >= 0.6 is 0 Å². The minimum absolute atomic E-state index is 0.911. The van der Waals surface area contributed by atoms with Crippen LogP contribution in [-0.4, -0.2) is 38.7 Å². The van der Waals surface area contributed by atoms with Gasteiger partial charge in [0.05, 0.1) is 7.11 Å². The third-order valence-electron chi connectivity index (χ3n) is 3.96. The van der Waals surface area contributed by atoms with E-state index in [1.54, 1.807) is 7.11 Å². The van der Waals surface area contributed by atoms with E-state index >= 15 is 0 Å². The molecule has 0 atom stereocenters. The molecule has 1 saturated heterocycles. The maximum atomic E-state index is 5.27. The molecule has 3 nitrogen and oxygen atoms in total. The summed E-state index contributed by atoms with van der Waals surface area (Å²) in [4.78, 5) is 2.41. The molecule has 2 rings (SSSR count). The van der Waals surface area contributed by atoms with Gasteiger partial charge in [-0.05, 0) is 69.6 Å². The Morgan fingerprint density at radius 3 is 2.84 bits per heavy atom. The summed E-state index contributed by atoms with van der Waals surface area (Å²) >= 11 is 0. The molecule has 1 heterocycles. The Bertz CT molecular complexity index is 375. The summed E-state index contributed by atoms with van der Waals surface area (Å²) in [5, 5.41) is 3.43. The molecule has 1 aliphatic rings. The van der Waals surface area contributed by atoms with Gasteiger partial charge in [-0.1, -0.05) is 12.1 Å². The number of piperidine rings is 1. The van der Waals surface area contributed by atoms with Crippen molar-refractivity contribution in [2.75, 3.05) is 33.8 Å². The summed E-state index contributed by atoms with van der Waals surface area (Å²) < 4.78 is 5.27. The molecule has 1 fully saturated rings. The average Bonchev–Trinajstić information content (AvgIpc) is 2.46. The second-order valence-electron chi connectivity index (χ2n) is 5.57. The van der Waals surface area contributed by atoms with E-state index in [2.05, 4.69) is 35.5 Å². The molecule has 0 radical (unpaired) electrons. The lowest BCUT2D eigenvalue weighted by atomic mass is 9.94.